The molecule has 5 rings (SSSR count). The number of sulfonamides is 1. The Hall–Kier alpha value is -3.64. The Kier molecular flexibility index (Phi) is 7.52. The first-order chi connectivity index (χ1) is 18.3. The van der Waals surface area contributed by atoms with Crippen LogP contribution in [-0.4, -0.2) is 63.2 Å². The van der Waals surface area contributed by atoms with Gasteiger partial charge in [-0.1, -0.05) is 17.4 Å². The molecule has 1 fully saturated rings. The van der Waals surface area contributed by atoms with Gasteiger partial charge in [0.05, 0.1) is 41.7 Å². The van der Waals surface area contributed by atoms with Gasteiger partial charge in [0.1, 0.15) is 5.75 Å². The molecule has 1 amide bonds. The molecular weight excluding hydrogens is 524 g/mol. The van der Waals surface area contributed by atoms with Crippen LogP contribution in [0.1, 0.15) is 21.5 Å². The molecule has 0 aliphatic carbocycles. The molecule has 11 heteroatoms. The third kappa shape index (κ3) is 5.46. The first-order valence-corrected chi connectivity index (χ1v) is 14.2. The van der Waals surface area contributed by atoms with Crippen molar-refractivity contribution in [2.45, 2.75) is 11.8 Å². The minimum Gasteiger partial charge on any atom is -0.497 e. The van der Waals surface area contributed by atoms with Crippen LogP contribution in [0.4, 0.5) is 5.13 Å². The van der Waals surface area contributed by atoms with Gasteiger partial charge >= 0.3 is 0 Å². The summed E-state index contributed by atoms with van der Waals surface area (Å²) in [6.07, 6.45) is 1.58. The van der Waals surface area contributed by atoms with Gasteiger partial charge in [-0.3, -0.25) is 4.79 Å². The standard InChI is InChI=1S/C27H26N4O5S2/c1-19-3-12-24-25(17-19)37-27(29-24)31(28-18-20-4-8-22(35-2)9-5-20)26(32)21-6-10-23(11-7-21)38(33,34)30-13-15-36-16-14-30/h3-12,17-18H,13-16H2,1-2H3/b28-18+. The van der Waals surface area contributed by atoms with Gasteiger partial charge in [0.2, 0.25) is 15.2 Å². The molecule has 0 N–H and O–H groups in total. The van der Waals surface area contributed by atoms with Gasteiger partial charge in [0.25, 0.3) is 5.91 Å². The van der Waals surface area contributed by atoms with Crippen LogP contribution in [0.3, 0.4) is 0 Å². The zero-order valence-corrected chi connectivity index (χ0v) is 22.5. The number of methoxy groups -OCH3 is 1. The quantitative estimate of drug-likeness (QED) is 0.251. The molecule has 196 valence electrons. The molecule has 4 aromatic rings. The van der Waals surface area contributed by atoms with E-state index in [4.69, 9.17) is 9.47 Å². The number of fused-ring (bicyclic) bond motifs is 1. The Morgan fingerprint density at radius 1 is 1.08 bits per heavy atom. The Morgan fingerprint density at radius 2 is 1.79 bits per heavy atom. The van der Waals surface area contributed by atoms with Crippen LogP contribution in [0, 0.1) is 6.92 Å². The number of carbonyl (C=O) groups is 1. The van der Waals surface area contributed by atoms with E-state index in [1.54, 1.807) is 13.3 Å². The zero-order chi connectivity index (χ0) is 26.7. The van der Waals surface area contributed by atoms with Crippen molar-refractivity contribution < 1.29 is 22.7 Å². The van der Waals surface area contributed by atoms with E-state index in [2.05, 4.69) is 10.1 Å². The van der Waals surface area contributed by atoms with Crippen molar-refractivity contribution in [3.63, 3.8) is 0 Å². The number of carbonyl (C=O) groups excluding carboxylic acids is 1. The number of hydrogen-bond acceptors (Lipinski definition) is 8. The topological polar surface area (TPSA) is 101 Å². The van der Waals surface area contributed by atoms with E-state index in [9.17, 15) is 13.2 Å². The van der Waals surface area contributed by atoms with Crippen LogP contribution < -0.4 is 9.75 Å². The molecule has 9 nitrogen and oxygen atoms in total. The maximum atomic E-state index is 13.7. The Bertz CT molecular complexity index is 1580. The molecule has 0 saturated carbocycles. The molecule has 1 saturated heterocycles. The largest absolute Gasteiger partial charge is 0.497 e. The third-order valence-corrected chi connectivity index (χ3v) is 8.96. The number of aromatic nitrogens is 1. The Balaban J connectivity index is 1.47. The van der Waals surface area contributed by atoms with Crippen molar-refractivity contribution in [1.29, 1.82) is 0 Å². The van der Waals surface area contributed by atoms with Gasteiger partial charge in [-0.15, -0.1) is 0 Å². The number of anilines is 1. The maximum Gasteiger partial charge on any atom is 0.280 e. The summed E-state index contributed by atoms with van der Waals surface area (Å²) in [6.45, 7) is 3.31. The number of benzene rings is 3. The van der Waals surface area contributed by atoms with Crippen LogP contribution in [0.5, 0.6) is 5.75 Å². The van der Waals surface area contributed by atoms with E-state index in [1.807, 2.05) is 49.4 Å². The highest BCUT2D eigenvalue weighted by Crippen LogP contribution is 2.31. The smallest absolute Gasteiger partial charge is 0.280 e. The lowest BCUT2D eigenvalue weighted by atomic mass is 10.2. The van der Waals surface area contributed by atoms with E-state index < -0.39 is 15.9 Å². The SMILES string of the molecule is COc1ccc(/C=N/N(C(=O)c2ccc(S(=O)(=O)N3CCOCC3)cc2)c2nc3ccc(C)cc3s2)cc1. The molecule has 0 radical (unpaired) electrons. The number of hydrazone groups is 1. The summed E-state index contributed by atoms with van der Waals surface area (Å²) in [7, 11) is -2.08. The van der Waals surface area contributed by atoms with E-state index in [0.717, 1.165) is 21.3 Å². The van der Waals surface area contributed by atoms with Crippen molar-refractivity contribution in [1.82, 2.24) is 9.29 Å². The molecule has 0 bridgehead atoms. The number of hydrogen-bond donors (Lipinski definition) is 0. The molecule has 1 aliphatic rings. The van der Waals surface area contributed by atoms with E-state index in [1.165, 1.54) is 44.9 Å². The summed E-state index contributed by atoms with van der Waals surface area (Å²) >= 11 is 1.36. The number of thiazole rings is 1. The summed E-state index contributed by atoms with van der Waals surface area (Å²) in [5.41, 5.74) is 2.91. The van der Waals surface area contributed by atoms with Crippen molar-refractivity contribution in [2.24, 2.45) is 5.10 Å². The lowest BCUT2D eigenvalue weighted by Gasteiger charge is -2.26. The molecule has 0 unspecified atom stereocenters. The van der Waals surface area contributed by atoms with E-state index >= 15 is 0 Å². The molecule has 1 aromatic heterocycles. The first kappa shape index (κ1) is 26.0. The average Bonchev–Trinajstić information content (AvgIpc) is 3.36. The molecule has 2 heterocycles. The van der Waals surface area contributed by atoms with Gasteiger partial charge in [-0.05, 0) is 78.7 Å². The average molecular weight is 551 g/mol. The molecule has 0 atom stereocenters. The number of ether oxygens (including phenoxy) is 2. The van der Waals surface area contributed by atoms with Gasteiger partial charge < -0.3 is 9.47 Å². The normalized spacial score (nSPS) is 14.7. The summed E-state index contributed by atoms with van der Waals surface area (Å²) < 4.78 is 38.8. The number of nitrogens with zero attached hydrogens (tertiary/aromatic N) is 4. The second-order valence-corrected chi connectivity index (χ2v) is 11.6. The second-order valence-electron chi connectivity index (χ2n) is 8.64. The summed E-state index contributed by atoms with van der Waals surface area (Å²) in [6, 6.07) is 19.1. The predicted molar refractivity (Wildman–Crippen MR) is 148 cm³/mol. The Labute approximate surface area is 225 Å². The van der Waals surface area contributed by atoms with Crippen LogP contribution in [0.15, 0.2) is 76.7 Å². The minimum atomic E-state index is -3.67. The van der Waals surface area contributed by atoms with Crippen LogP contribution in [-0.2, 0) is 14.8 Å². The summed E-state index contributed by atoms with van der Waals surface area (Å²) in [5, 5.41) is 6.14. The monoisotopic (exact) mass is 550 g/mol. The Morgan fingerprint density at radius 3 is 2.47 bits per heavy atom. The van der Waals surface area contributed by atoms with Crippen LogP contribution in [0.25, 0.3) is 10.2 Å². The fourth-order valence-electron chi connectivity index (χ4n) is 3.94. The van der Waals surface area contributed by atoms with Crippen molar-refractivity contribution >= 4 is 48.8 Å². The number of aryl methyl sites for hydroxylation is 1. The molecule has 38 heavy (non-hydrogen) atoms. The lowest BCUT2D eigenvalue weighted by Crippen LogP contribution is -2.40. The van der Waals surface area contributed by atoms with Gasteiger partial charge in [-0.25, -0.2) is 13.4 Å². The molecule has 3 aromatic carbocycles. The van der Waals surface area contributed by atoms with Crippen molar-refractivity contribution in [2.75, 3.05) is 38.4 Å². The predicted octanol–water partition coefficient (Wildman–Crippen LogP) is 4.32. The summed E-state index contributed by atoms with van der Waals surface area (Å²) in [5.74, 6) is 0.282. The summed E-state index contributed by atoms with van der Waals surface area (Å²) in [4.78, 5) is 18.4. The number of amides is 1. The molecular formula is C27H26N4O5S2. The maximum absolute atomic E-state index is 13.7. The van der Waals surface area contributed by atoms with Crippen molar-refractivity contribution in [3.8, 4) is 5.75 Å². The van der Waals surface area contributed by atoms with Gasteiger partial charge in [0, 0.05) is 18.7 Å². The van der Waals surface area contributed by atoms with Crippen LogP contribution in [0.2, 0.25) is 0 Å². The molecule has 0 spiro atoms. The van der Waals surface area contributed by atoms with Gasteiger partial charge in [0.15, 0.2) is 0 Å². The second kappa shape index (κ2) is 11.0. The van der Waals surface area contributed by atoms with E-state index in [0.29, 0.717) is 37.2 Å². The molecule has 1 aliphatic heterocycles. The zero-order valence-electron chi connectivity index (χ0n) is 20.9. The van der Waals surface area contributed by atoms with E-state index in [-0.39, 0.29) is 10.5 Å². The first-order valence-electron chi connectivity index (χ1n) is 11.9. The third-order valence-electron chi connectivity index (χ3n) is 6.05. The number of morpholine rings is 1. The highest BCUT2D eigenvalue weighted by molar-refractivity contribution is 7.89. The number of rotatable bonds is 7. The van der Waals surface area contributed by atoms with Crippen LogP contribution >= 0.6 is 11.3 Å². The minimum absolute atomic E-state index is 0.125. The highest BCUT2D eigenvalue weighted by Gasteiger charge is 2.27. The van der Waals surface area contributed by atoms with Crippen molar-refractivity contribution in [3.05, 3.63) is 83.4 Å². The lowest BCUT2D eigenvalue weighted by molar-refractivity contribution is 0.0730. The fraction of sp³-hybridized carbons (Fsp3) is 0.222. The fourth-order valence-corrected chi connectivity index (χ4v) is 6.37. The highest BCUT2D eigenvalue weighted by atomic mass is 32.2. The van der Waals surface area contributed by atoms with Gasteiger partial charge in [-0.2, -0.15) is 14.4 Å².